The van der Waals surface area contributed by atoms with Gasteiger partial charge in [0.05, 0.1) is 0 Å². The van der Waals surface area contributed by atoms with Gasteiger partial charge in [0.1, 0.15) is 10.2 Å². The van der Waals surface area contributed by atoms with Crippen molar-refractivity contribution in [2.45, 2.75) is 47.1 Å². The highest BCUT2D eigenvalue weighted by Crippen LogP contribution is 2.13. The zero-order chi connectivity index (χ0) is 15.6. The van der Waals surface area contributed by atoms with Crippen molar-refractivity contribution in [3.63, 3.8) is 0 Å². The van der Waals surface area contributed by atoms with Gasteiger partial charge in [0.2, 0.25) is 5.60 Å². The third-order valence-electron chi connectivity index (χ3n) is 3.16. The topological polar surface area (TPSA) is 27.7 Å². The first-order valence-corrected chi connectivity index (χ1v) is 12.0. The molecule has 0 aromatic carbocycles. The van der Waals surface area contributed by atoms with Crippen molar-refractivity contribution in [2.75, 3.05) is 0 Å². The Hall–Kier alpha value is -0.0325. The molecule has 0 bridgehead atoms. The quantitative estimate of drug-likeness (QED) is 0.436. The van der Waals surface area contributed by atoms with Crippen LogP contribution in [0, 0.1) is 0 Å². The molecule has 0 aliphatic heterocycles. The van der Waals surface area contributed by atoms with Crippen LogP contribution in [-0.2, 0) is 13.3 Å². The Kier molecular flexibility index (Phi) is 10.6. The zero-order valence-electron chi connectivity index (χ0n) is 14.1. The van der Waals surface area contributed by atoms with Gasteiger partial charge in [-0.25, -0.2) is 0 Å². The molecule has 0 unspecified atom stereocenters. The first-order chi connectivity index (χ1) is 9.36. The van der Waals surface area contributed by atoms with E-state index in [4.69, 9.17) is 13.3 Å². The van der Waals surface area contributed by atoms with E-state index in [1.165, 1.54) is 15.6 Å². The van der Waals surface area contributed by atoms with Gasteiger partial charge in [-0.1, -0.05) is 33.8 Å². The average Bonchev–Trinajstić information content (AvgIpc) is 2.47. The Bertz CT molecular complexity index is 323. The van der Waals surface area contributed by atoms with Gasteiger partial charge in [-0.15, -0.1) is 0 Å². The molecule has 0 aromatic rings. The summed E-state index contributed by atoms with van der Waals surface area (Å²) in [5, 5.41) is 4.02. The SMILES string of the molecule is CC=C(C)[SiH2]OC([SiH3])(O[SiH2]C(C)=CC)O[SiH2]C(C)=CC. The summed E-state index contributed by atoms with van der Waals surface area (Å²) in [5.41, 5.74) is -0.705. The van der Waals surface area contributed by atoms with Crippen LogP contribution in [0.3, 0.4) is 0 Å². The van der Waals surface area contributed by atoms with Crippen molar-refractivity contribution in [3.05, 3.63) is 33.8 Å². The van der Waals surface area contributed by atoms with Gasteiger partial charge in [-0.05, 0) is 41.5 Å². The maximum Gasteiger partial charge on any atom is 0.217 e. The average molecular weight is 347 g/mol. The summed E-state index contributed by atoms with van der Waals surface area (Å²) in [6, 6.07) is 0. The molecule has 3 nitrogen and oxygen atoms in total. The lowest BCUT2D eigenvalue weighted by atomic mass is 10.6. The molecule has 0 spiro atoms. The van der Waals surface area contributed by atoms with Crippen LogP contribution in [0.2, 0.25) is 0 Å². The predicted octanol–water partition coefficient (Wildman–Crippen LogP) is 0.0354. The third-order valence-corrected chi connectivity index (χ3v) is 10.4. The van der Waals surface area contributed by atoms with Crippen molar-refractivity contribution >= 4 is 39.5 Å². The van der Waals surface area contributed by atoms with Gasteiger partial charge < -0.3 is 13.3 Å². The summed E-state index contributed by atoms with van der Waals surface area (Å²) in [6.45, 7) is 12.5. The van der Waals surface area contributed by atoms with E-state index in [2.05, 4.69) is 59.8 Å². The van der Waals surface area contributed by atoms with Crippen molar-refractivity contribution < 1.29 is 13.3 Å². The highest BCUT2D eigenvalue weighted by molar-refractivity contribution is 6.42. The summed E-state index contributed by atoms with van der Waals surface area (Å²) in [7, 11) is -1.41. The molecule has 0 heterocycles. The second-order valence-corrected chi connectivity index (χ2v) is 11.4. The zero-order valence-corrected chi connectivity index (χ0v) is 20.3. The Labute approximate surface area is 134 Å². The Morgan fingerprint density at radius 2 is 1.00 bits per heavy atom. The molecule has 116 valence electrons. The van der Waals surface area contributed by atoms with E-state index < -0.39 is 34.9 Å². The van der Waals surface area contributed by atoms with Crippen LogP contribution in [-0.4, -0.2) is 45.1 Å². The van der Waals surface area contributed by atoms with E-state index >= 15 is 0 Å². The highest BCUT2D eigenvalue weighted by Gasteiger charge is 2.25. The molecule has 0 amide bonds. The number of hydrogen-bond donors (Lipinski definition) is 0. The minimum absolute atomic E-state index is 0.705. The van der Waals surface area contributed by atoms with Gasteiger partial charge in [0.15, 0.2) is 29.3 Å². The molecule has 0 fully saturated rings. The molecule has 7 heteroatoms. The second-order valence-electron chi connectivity index (χ2n) is 5.13. The molecule has 0 radical (unpaired) electrons. The molecule has 0 atom stereocenters. The summed E-state index contributed by atoms with van der Waals surface area (Å²) < 4.78 is 18.2. The number of allylic oxidation sites excluding steroid dienone is 6. The maximum atomic E-state index is 6.07. The van der Waals surface area contributed by atoms with Gasteiger partial charge in [0, 0.05) is 0 Å². The Morgan fingerprint density at radius 3 is 1.20 bits per heavy atom. The van der Waals surface area contributed by atoms with Crippen LogP contribution in [0.1, 0.15) is 41.5 Å². The monoisotopic (exact) mass is 346 g/mol. The van der Waals surface area contributed by atoms with Crippen LogP contribution in [0.25, 0.3) is 0 Å². The van der Waals surface area contributed by atoms with Crippen LogP contribution >= 0.6 is 0 Å². The minimum Gasteiger partial charge on any atom is -0.377 e. The number of rotatable bonds is 9. The maximum absolute atomic E-state index is 6.07. The van der Waals surface area contributed by atoms with Crippen LogP contribution in [0.15, 0.2) is 33.8 Å². The van der Waals surface area contributed by atoms with Crippen LogP contribution in [0.4, 0.5) is 0 Å². The summed E-state index contributed by atoms with van der Waals surface area (Å²) in [5.74, 6) is 0. The van der Waals surface area contributed by atoms with Gasteiger partial charge >= 0.3 is 0 Å². The van der Waals surface area contributed by atoms with E-state index in [1.807, 2.05) is 0 Å². The molecule has 0 saturated carbocycles. The van der Waals surface area contributed by atoms with E-state index in [0.717, 1.165) is 10.2 Å². The first-order valence-electron chi connectivity index (χ1n) is 7.14. The molecule has 0 aromatic heterocycles. The van der Waals surface area contributed by atoms with E-state index in [-0.39, 0.29) is 0 Å². The highest BCUT2D eigenvalue weighted by atomic mass is 28.2. The number of hydrogen-bond acceptors (Lipinski definition) is 3. The molecule has 20 heavy (non-hydrogen) atoms. The largest absolute Gasteiger partial charge is 0.377 e. The van der Waals surface area contributed by atoms with Gasteiger partial charge in [-0.3, -0.25) is 0 Å². The summed E-state index contributed by atoms with van der Waals surface area (Å²) in [4.78, 5) is 0. The smallest absolute Gasteiger partial charge is 0.217 e. The third kappa shape index (κ3) is 9.00. The first kappa shape index (κ1) is 20.0. The lowest BCUT2D eigenvalue weighted by Crippen LogP contribution is -2.43. The summed E-state index contributed by atoms with van der Waals surface area (Å²) >= 11 is 0. The normalized spacial score (nSPS) is 19.2. The standard InChI is InChI=1S/C13H30O3Si4/c1-7-10(4)18-14-13(17,15-19-11(5)8-2)16-20-12(6)9-3/h7-9H,18-20H2,1-6,17H3. The molecule has 0 N–H and O–H groups in total. The molecule has 0 aliphatic carbocycles. The van der Waals surface area contributed by atoms with E-state index in [9.17, 15) is 0 Å². The fourth-order valence-corrected chi connectivity index (χ4v) is 5.38. The fourth-order valence-electron chi connectivity index (χ4n) is 1.11. The van der Waals surface area contributed by atoms with Gasteiger partial charge in [-0.2, -0.15) is 0 Å². The van der Waals surface area contributed by atoms with Crippen molar-refractivity contribution in [1.82, 2.24) is 0 Å². The van der Waals surface area contributed by atoms with Gasteiger partial charge in [0.25, 0.3) is 0 Å². The van der Waals surface area contributed by atoms with Crippen LogP contribution in [0.5, 0.6) is 0 Å². The van der Waals surface area contributed by atoms with Crippen LogP contribution < -0.4 is 0 Å². The lowest BCUT2D eigenvalue weighted by molar-refractivity contribution is -0.183. The molecule has 0 aliphatic rings. The lowest BCUT2D eigenvalue weighted by Gasteiger charge is -2.32. The van der Waals surface area contributed by atoms with Crippen molar-refractivity contribution in [2.24, 2.45) is 0 Å². The molecular weight excluding hydrogens is 316 g/mol. The fraction of sp³-hybridized carbons (Fsp3) is 0.538. The Morgan fingerprint density at radius 1 is 0.750 bits per heavy atom. The molecule has 0 rings (SSSR count). The van der Waals surface area contributed by atoms with E-state index in [1.54, 1.807) is 0 Å². The summed E-state index contributed by atoms with van der Waals surface area (Å²) in [6.07, 6.45) is 6.37. The second kappa shape index (κ2) is 10.7. The van der Waals surface area contributed by atoms with E-state index in [0.29, 0.717) is 0 Å². The van der Waals surface area contributed by atoms with Crippen molar-refractivity contribution in [3.8, 4) is 0 Å². The molecular formula is C13H30O3Si4. The molecule has 0 saturated heterocycles. The predicted molar refractivity (Wildman–Crippen MR) is 99.8 cm³/mol. The minimum atomic E-state index is -0.719. The van der Waals surface area contributed by atoms with Crippen molar-refractivity contribution in [1.29, 1.82) is 0 Å². The Balaban J connectivity index is 4.64.